The van der Waals surface area contributed by atoms with E-state index in [0.717, 1.165) is 0 Å². The van der Waals surface area contributed by atoms with Crippen LogP contribution in [0.2, 0.25) is 15.9 Å². The van der Waals surface area contributed by atoms with Crippen molar-refractivity contribution in [2.45, 2.75) is 15.9 Å². The van der Waals surface area contributed by atoms with Crippen molar-refractivity contribution >= 4 is 0 Å². The minimum atomic E-state index is -2.27. The molecule has 0 radical (unpaired) electrons. The first-order chi connectivity index (χ1) is 2.00. The van der Waals surface area contributed by atoms with Gasteiger partial charge in [-0.15, -0.1) is 0 Å². The summed E-state index contributed by atoms with van der Waals surface area (Å²) in [5.41, 5.74) is 0. The zero-order chi connectivity index (χ0) is 4.50. The second kappa shape index (κ2) is 1.30. The molecule has 0 spiro atoms. The average Bonchev–Trinajstić information content (AvgIpc) is 0.722. The number of hydrogen-bond acceptors (Lipinski definition) is 1. The number of hydrogen-bond donors (Lipinski definition) is 0. The van der Waals surface area contributed by atoms with E-state index in [4.69, 9.17) is 0 Å². The Kier molecular flexibility index (Phi) is 1.42. The third kappa shape index (κ3) is 117. The van der Waals surface area contributed by atoms with E-state index >= 15 is 0 Å². The molecule has 0 aliphatic carbocycles. The van der Waals surface area contributed by atoms with Crippen LogP contribution in [0, 0.1) is 0 Å². The quantitative estimate of drug-likeness (QED) is 0.488. The first-order valence-corrected chi connectivity index (χ1v) is 8.23. The molecule has 5 heavy (non-hydrogen) atoms. The van der Waals surface area contributed by atoms with E-state index in [9.17, 15) is 3.40 Å². The molecule has 0 fully saturated rings. The van der Waals surface area contributed by atoms with Crippen LogP contribution in [0.3, 0.4) is 0 Å². The number of rotatable bonds is 0. The Hall–Kier alpha value is 0.488. The molecule has 33 valence electrons. The van der Waals surface area contributed by atoms with Gasteiger partial charge in [-0.25, -0.2) is 0 Å². The maximum atomic E-state index is 10.3. The minimum absolute atomic E-state index is 1.82. The van der Waals surface area contributed by atoms with Gasteiger partial charge in [-0.1, -0.05) is 0 Å². The van der Waals surface area contributed by atoms with Crippen LogP contribution in [0.25, 0.3) is 0 Å². The van der Waals surface area contributed by atoms with Crippen LogP contribution in [0.15, 0.2) is 0 Å². The van der Waals surface area contributed by atoms with Crippen LogP contribution in [0.1, 0.15) is 0 Å². The molecule has 0 aliphatic rings. The summed E-state index contributed by atoms with van der Waals surface area (Å²) in [6.45, 7) is 0. The van der Waals surface area contributed by atoms with Gasteiger partial charge in [0.1, 0.15) is 0 Å². The van der Waals surface area contributed by atoms with Gasteiger partial charge >= 0.3 is 35.4 Å². The van der Waals surface area contributed by atoms with Crippen molar-refractivity contribution in [3.05, 3.63) is 0 Å². The second-order valence-electron chi connectivity index (χ2n) is 1.72. The van der Waals surface area contributed by atoms with Gasteiger partial charge in [-0.3, -0.25) is 0 Å². The van der Waals surface area contributed by atoms with E-state index in [-0.39, 0.29) is 0 Å². The van der Waals surface area contributed by atoms with Crippen LogP contribution in [-0.4, -0.2) is 0 Å². The predicted octanol–water partition coefficient (Wildman–Crippen LogP) is 1.63. The van der Waals surface area contributed by atoms with Gasteiger partial charge in [0, 0.05) is 0 Å². The van der Waals surface area contributed by atoms with E-state index in [1.165, 1.54) is 0 Å². The van der Waals surface area contributed by atoms with Crippen molar-refractivity contribution in [3.63, 3.8) is 0 Å². The van der Waals surface area contributed by atoms with Crippen molar-refractivity contribution in [2.75, 3.05) is 0 Å². The Morgan fingerprint density at radius 3 is 1.20 bits per heavy atom. The Morgan fingerprint density at radius 1 is 1.20 bits per heavy atom. The van der Waals surface area contributed by atoms with Crippen molar-refractivity contribution in [3.8, 4) is 0 Å². The van der Waals surface area contributed by atoms with Gasteiger partial charge in [0.25, 0.3) is 0 Å². The molecular weight excluding hydrogens is 148 g/mol. The second-order valence-corrected chi connectivity index (χ2v) is 10.2. The summed E-state index contributed by atoms with van der Waals surface area (Å²) in [7, 11) is 0. The third-order valence-electron chi connectivity index (χ3n) is 0. The van der Waals surface area contributed by atoms with Crippen molar-refractivity contribution in [1.82, 2.24) is 0 Å². The zero-order valence-corrected chi connectivity index (χ0v) is 5.82. The van der Waals surface area contributed by atoms with Crippen molar-refractivity contribution < 1.29 is 19.4 Å². The first-order valence-electron chi connectivity index (χ1n) is 1.39. The molecule has 0 amide bonds. The molecule has 0 aromatic heterocycles. The maximum absolute atomic E-state index is 10.3. The van der Waals surface area contributed by atoms with E-state index < -0.39 is 16.0 Å². The first kappa shape index (κ1) is 5.49. The molecule has 1 nitrogen and oxygen atoms in total. The van der Waals surface area contributed by atoms with Crippen LogP contribution in [-0.2, 0) is 19.4 Å². The van der Waals surface area contributed by atoms with Gasteiger partial charge in [0.15, 0.2) is 0 Å². The molecule has 0 unspecified atom stereocenters. The van der Waals surface area contributed by atoms with E-state index in [2.05, 4.69) is 0 Å². The summed E-state index contributed by atoms with van der Waals surface area (Å²) >= 11 is -2.27. The van der Waals surface area contributed by atoms with Gasteiger partial charge < -0.3 is 0 Å². The molecule has 0 N–H and O–H groups in total. The predicted molar refractivity (Wildman–Crippen MR) is 18.3 cm³/mol. The standard InChI is InChI=1S/3CH3.Mo.O/h3*1H3;;. The fourth-order valence-electron chi connectivity index (χ4n) is 0. The molecule has 0 heterocycles. The normalized spacial score (nSPS) is 11.8. The van der Waals surface area contributed by atoms with Crippen LogP contribution in [0.4, 0.5) is 0 Å². The fourth-order valence-corrected chi connectivity index (χ4v) is 0. The van der Waals surface area contributed by atoms with E-state index in [0.29, 0.717) is 0 Å². The molecule has 0 rings (SSSR count). The van der Waals surface area contributed by atoms with Crippen LogP contribution < -0.4 is 0 Å². The summed E-state index contributed by atoms with van der Waals surface area (Å²) in [6, 6.07) is 0. The molecule has 0 aromatic rings. The van der Waals surface area contributed by atoms with E-state index in [1.807, 2.05) is 15.9 Å². The zero-order valence-electron chi connectivity index (χ0n) is 3.82. The fraction of sp³-hybridized carbons (Fsp3) is 1.00. The molecular formula is C3H9MoO. The molecule has 0 aliphatic heterocycles. The molecule has 2 heteroatoms. The summed E-state index contributed by atoms with van der Waals surface area (Å²) in [5.74, 6) is 0. The van der Waals surface area contributed by atoms with Gasteiger partial charge in [-0.2, -0.15) is 0 Å². The Morgan fingerprint density at radius 2 is 1.20 bits per heavy atom. The molecule has 0 saturated carbocycles. The molecule has 0 saturated heterocycles. The summed E-state index contributed by atoms with van der Waals surface area (Å²) in [5, 5.41) is 5.47. The molecule has 0 atom stereocenters. The van der Waals surface area contributed by atoms with E-state index in [1.54, 1.807) is 0 Å². The van der Waals surface area contributed by atoms with Crippen LogP contribution >= 0.6 is 0 Å². The van der Waals surface area contributed by atoms with Crippen molar-refractivity contribution in [2.24, 2.45) is 0 Å². The third-order valence-corrected chi connectivity index (χ3v) is 0. The molecule has 0 bridgehead atoms. The summed E-state index contributed by atoms with van der Waals surface area (Å²) in [4.78, 5) is 0. The average molecular weight is 157 g/mol. The van der Waals surface area contributed by atoms with Gasteiger partial charge in [-0.05, 0) is 0 Å². The van der Waals surface area contributed by atoms with Gasteiger partial charge in [0.05, 0.1) is 0 Å². The summed E-state index contributed by atoms with van der Waals surface area (Å²) < 4.78 is 10.3. The van der Waals surface area contributed by atoms with Crippen LogP contribution in [0.5, 0.6) is 0 Å². The SMILES string of the molecule is [CH3][Mo]([CH3])([CH3])=[O]. The topological polar surface area (TPSA) is 17.1 Å². The monoisotopic (exact) mass is 159 g/mol. The Labute approximate surface area is 35.9 Å². The summed E-state index contributed by atoms with van der Waals surface area (Å²) in [6.07, 6.45) is 0. The molecule has 0 aromatic carbocycles. The Balaban J connectivity index is 3.47. The Bertz CT molecular complexity index is 53.0. The van der Waals surface area contributed by atoms with Gasteiger partial charge in [0.2, 0.25) is 0 Å². The van der Waals surface area contributed by atoms with Crippen molar-refractivity contribution in [1.29, 1.82) is 0 Å².